The number of halogens is 1. The number of esters is 1. The number of hydrogen-bond donors (Lipinski definition) is 1. The number of rotatable bonds is 4. The van der Waals surface area contributed by atoms with Gasteiger partial charge >= 0.3 is 12.1 Å². The van der Waals surface area contributed by atoms with E-state index >= 15 is 0 Å². The molecule has 2 heterocycles. The number of amides is 1. The van der Waals surface area contributed by atoms with Gasteiger partial charge in [0.15, 0.2) is 5.69 Å². The molecule has 1 aliphatic carbocycles. The second kappa shape index (κ2) is 6.53. The van der Waals surface area contributed by atoms with Crippen LogP contribution in [0.4, 0.5) is 9.18 Å². The number of fused-ring (bicyclic) bond motifs is 1. The average Bonchev–Trinajstić information content (AvgIpc) is 3.10. The first-order valence-electron chi connectivity index (χ1n) is 8.47. The fourth-order valence-corrected chi connectivity index (χ4v) is 3.51. The molecule has 1 amide bonds. The van der Waals surface area contributed by atoms with Crippen LogP contribution in [0.25, 0.3) is 11.3 Å². The molecule has 1 aliphatic heterocycles. The second-order valence-electron chi connectivity index (χ2n) is 6.67. The molecule has 1 saturated carbocycles. The molecule has 1 aromatic heterocycles. The third-order valence-corrected chi connectivity index (χ3v) is 4.99. The predicted octanol–water partition coefficient (Wildman–Crippen LogP) is 2.66. The highest BCUT2D eigenvalue weighted by atomic mass is 19.1. The Morgan fingerprint density at radius 1 is 1.19 bits per heavy atom. The largest absolute Gasteiger partial charge is 0.490 e. The normalized spacial score (nSPS) is 22.9. The minimum absolute atomic E-state index is 0.0884. The summed E-state index contributed by atoms with van der Waals surface area (Å²) >= 11 is 0. The van der Waals surface area contributed by atoms with Crippen molar-refractivity contribution >= 4 is 12.1 Å². The molecule has 8 heteroatoms. The molecule has 1 saturated heterocycles. The van der Waals surface area contributed by atoms with Gasteiger partial charge in [0.1, 0.15) is 17.7 Å². The molecule has 7 nitrogen and oxygen atoms in total. The lowest BCUT2D eigenvalue weighted by Gasteiger charge is -2.17. The van der Waals surface area contributed by atoms with E-state index in [0.29, 0.717) is 30.1 Å². The van der Waals surface area contributed by atoms with Crippen LogP contribution >= 0.6 is 0 Å². The van der Waals surface area contributed by atoms with E-state index < -0.39 is 12.1 Å². The van der Waals surface area contributed by atoms with Gasteiger partial charge in [0, 0.05) is 42.6 Å². The Kier molecular flexibility index (Phi) is 4.18. The highest BCUT2D eigenvalue weighted by Gasteiger charge is 2.59. The number of nitrogens with zero attached hydrogens (tertiary/aromatic N) is 2. The standard InChI is InChI=1S/C19H17FN2O5/c1-26-18(23)16-7-12(6-15(21-16)10-2-4-11(20)5-3-10)27-17-13-8-22(19(24)25)9-14(13)17/h2-7,13-14,17H,8-9H2,1H3,(H,24,25)/t13-,14+,17-. The summed E-state index contributed by atoms with van der Waals surface area (Å²) in [6.07, 6.45) is -1.01. The van der Waals surface area contributed by atoms with E-state index in [2.05, 4.69) is 4.98 Å². The van der Waals surface area contributed by atoms with Crippen LogP contribution in [-0.2, 0) is 4.74 Å². The number of aromatic nitrogens is 1. The maximum atomic E-state index is 13.2. The fourth-order valence-electron chi connectivity index (χ4n) is 3.51. The maximum absolute atomic E-state index is 13.2. The average molecular weight is 372 g/mol. The molecule has 0 spiro atoms. The quantitative estimate of drug-likeness (QED) is 0.830. The van der Waals surface area contributed by atoms with Gasteiger partial charge in [-0.3, -0.25) is 0 Å². The first kappa shape index (κ1) is 17.3. The Morgan fingerprint density at radius 2 is 1.85 bits per heavy atom. The van der Waals surface area contributed by atoms with Gasteiger partial charge < -0.3 is 19.5 Å². The monoisotopic (exact) mass is 372 g/mol. The van der Waals surface area contributed by atoms with Crippen molar-refractivity contribution in [1.82, 2.24) is 9.88 Å². The fraction of sp³-hybridized carbons (Fsp3) is 0.316. The van der Waals surface area contributed by atoms with E-state index in [1.807, 2.05) is 0 Å². The summed E-state index contributed by atoms with van der Waals surface area (Å²) in [7, 11) is 1.26. The number of ether oxygens (including phenoxy) is 2. The summed E-state index contributed by atoms with van der Waals surface area (Å²) in [5.41, 5.74) is 1.19. The van der Waals surface area contributed by atoms with Crippen molar-refractivity contribution in [3.63, 3.8) is 0 Å². The second-order valence-corrected chi connectivity index (χ2v) is 6.67. The van der Waals surface area contributed by atoms with Gasteiger partial charge in [-0.25, -0.2) is 19.0 Å². The van der Waals surface area contributed by atoms with Crippen LogP contribution in [0.1, 0.15) is 10.5 Å². The zero-order chi connectivity index (χ0) is 19.1. The molecule has 0 bridgehead atoms. The number of carbonyl (C=O) groups excluding carboxylic acids is 1. The van der Waals surface area contributed by atoms with Crippen LogP contribution in [-0.4, -0.2) is 53.4 Å². The molecule has 3 atom stereocenters. The third kappa shape index (κ3) is 3.30. The van der Waals surface area contributed by atoms with Crippen LogP contribution < -0.4 is 4.74 Å². The van der Waals surface area contributed by atoms with E-state index in [4.69, 9.17) is 14.6 Å². The molecule has 27 heavy (non-hydrogen) atoms. The Hall–Kier alpha value is -3.16. The number of likely N-dealkylation sites (tertiary alicyclic amines) is 1. The van der Waals surface area contributed by atoms with Gasteiger partial charge in [-0.15, -0.1) is 0 Å². The summed E-state index contributed by atoms with van der Waals surface area (Å²) in [5.74, 6) is -0.203. The minimum atomic E-state index is -0.920. The number of hydrogen-bond acceptors (Lipinski definition) is 5. The molecule has 1 aromatic carbocycles. The Labute approximate surface area is 154 Å². The van der Waals surface area contributed by atoms with Gasteiger partial charge in [-0.2, -0.15) is 0 Å². The van der Waals surface area contributed by atoms with Crippen molar-refractivity contribution in [1.29, 1.82) is 0 Å². The van der Waals surface area contributed by atoms with Gasteiger partial charge in [-0.1, -0.05) is 0 Å². The first-order valence-corrected chi connectivity index (χ1v) is 8.47. The van der Waals surface area contributed by atoms with Crippen LogP contribution in [0.15, 0.2) is 36.4 Å². The van der Waals surface area contributed by atoms with E-state index in [-0.39, 0.29) is 29.5 Å². The zero-order valence-electron chi connectivity index (χ0n) is 14.5. The summed E-state index contributed by atoms with van der Waals surface area (Å²) in [6.45, 7) is 0.898. The topological polar surface area (TPSA) is 89.0 Å². The van der Waals surface area contributed by atoms with E-state index in [1.54, 1.807) is 18.2 Å². The predicted molar refractivity (Wildman–Crippen MR) is 92.0 cm³/mol. The highest BCUT2D eigenvalue weighted by Crippen LogP contribution is 2.48. The molecular weight excluding hydrogens is 355 g/mol. The smallest absolute Gasteiger partial charge is 0.407 e. The lowest BCUT2D eigenvalue weighted by molar-refractivity contribution is 0.0593. The van der Waals surface area contributed by atoms with Crippen LogP contribution in [0.3, 0.4) is 0 Å². The number of piperidine rings is 1. The number of carbonyl (C=O) groups is 2. The van der Waals surface area contributed by atoms with Crippen LogP contribution in [0.2, 0.25) is 0 Å². The molecule has 2 aromatic rings. The Morgan fingerprint density at radius 3 is 2.44 bits per heavy atom. The molecule has 140 valence electrons. The molecule has 4 rings (SSSR count). The van der Waals surface area contributed by atoms with E-state index in [0.717, 1.165) is 0 Å². The summed E-state index contributed by atoms with van der Waals surface area (Å²) in [6, 6.07) is 8.95. The SMILES string of the molecule is COC(=O)c1cc(O[C@@H]2[C@@H]3CN(C(=O)O)C[C@@H]32)cc(-c2ccc(F)cc2)n1. The third-order valence-electron chi connectivity index (χ3n) is 4.99. The number of carboxylic acid groups (broad SMARTS) is 1. The van der Waals surface area contributed by atoms with E-state index in [9.17, 15) is 14.0 Å². The van der Waals surface area contributed by atoms with Crippen molar-refractivity contribution in [3.05, 3.63) is 47.9 Å². The van der Waals surface area contributed by atoms with Crippen molar-refractivity contribution in [3.8, 4) is 17.0 Å². The first-order chi connectivity index (χ1) is 13.0. The van der Waals surface area contributed by atoms with Crippen molar-refractivity contribution in [2.75, 3.05) is 20.2 Å². The molecule has 2 aliphatic rings. The zero-order valence-corrected chi connectivity index (χ0v) is 14.5. The molecule has 0 radical (unpaired) electrons. The van der Waals surface area contributed by atoms with Crippen molar-refractivity contribution < 1.29 is 28.6 Å². The lowest BCUT2D eigenvalue weighted by atomic mass is 10.1. The van der Waals surface area contributed by atoms with Crippen molar-refractivity contribution in [2.45, 2.75) is 6.10 Å². The number of benzene rings is 1. The maximum Gasteiger partial charge on any atom is 0.407 e. The van der Waals surface area contributed by atoms with Crippen LogP contribution in [0.5, 0.6) is 5.75 Å². The van der Waals surface area contributed by atoms with Gasteiger partial charge in [0.25, 0.3) is 0 Å². The molecular formula is C19H17FN2O5. The van der Waals surface area contributed by atoms with Crippen LogP contribution in [0, 0.1) is 17.7 Å². The highest BCUT2D eigenvalue weighted by molar-refractivity contribution is 5.88. The summed E-state index contributed by atoms with van der Waals surface area (Å²) < 4.78 is 23.9. The number of methoxy groups -OCH3 is 1. The minimum Gasteiger partial charge on any atom is -0.490 e. The molecule has 2 fully saturated rings. The lowest BCUT2D eigenvalue weighted by Crippen LogP contribution is -2.31. The van der Waals surface area contributed by atoms with Gasteiger partial charge in [0.05, 0.1) is 12.8 Å². The summed E-state index contributed by atoms with van der Waals surface area (Å²) in [4.78, 5) is 28.6. The van der Waals surface area contributed by atoms with Gasteiger partial charge in [-0.05, 0) is 24.3 Å². The molecule has 0 unspecified atom stereocenters. The Bertz CT molecular complexity index is 889. The number of pyridine rings is 1. The Balaban J connectivity index is 1.57. The molecule has 1 N–H and O–H groups in total. The summed E-state index contributed by atoms with van der Waals surface area (Å²) in [5, 5.41) is 9.03. The van der Waals surface area contributed by atoms with Crippen molar-refractivity contribution in [2.24, 2.45) is 11.8 Å². The van der Waals surface area contributed by atoms with Gasteiger partial charge in [0.2, 0.25) is 0 Å². The van der Waals surface area contributed by atoms with E-state index in [1.165, 1.54) is 30.2 Å².